The lowest BCUT2D eigenvalue weighted by atomic mass is 9.32. The van der Waals surface area contributed by atoms with E-state index in [-0.39, 0.29) is 22.5 Å². The minimum absolute atomic E-state index is 0.0845. The molecule has 29 heavy (non-hydrogen) atoms. The molecule has 2 heteroatoms. The average Bonchev–Trinajstić information content (AvgIpc) is 3.07. The molecule has 0 N–H and O–H groups in total. The predicted octanol–water partition coefficient (Wildman–Crippen LogP) is 7.04. The first-order valence-electron chi connectivity index (χ1n) is 11.8. The number of benzene rings is 1. The zero-order valence-corrected chi connectivity index (χ0v) is 19.5. The van der Waals surface area contributed by atoms with Crippen LogP contribution in [0.1, 0.15) is 85.1 Å². The molecule has 2 bridgehead atoms. The van der Waals surface area contributed by atoms with Gasteiger partial charge < -0.3 is 9.47 Å². The van der Waals surface area contributed by atoms with E-state index in [4.69, 9.17) is 9.47 Å². The van der Waals surface area contributed by atoms with Crippen LogP contribution in [0.5, 0.6) is 5.75 Å². The number of rotatable bonds is 5. The number of hydrogen-bond donors (Lipinski definition) is 0. The van der Waals surface area contributed by atoms with Gasteiger partial charge in [-0.25, -0.2) is 0 Å². The Morgan fingerprint density at radius 1 is 0.862 bits per heavy atom. The van der Waals surface area contributed by atoms with Crippen LogP contribution in [0.4, 0.5) is 0 Å². The Hall–Kier alpha value is -1.02. The quantitative estimate of drug-likeness (QED) is 0.497. The molecule has 0 aromatic heterocycles. The van der Waals surface area contributed by atoms with Crippen molar-refractivity contribution in [3.05, 3.63) is 29.8 Å². The molecule has 1 aromatic rings. The van der Waals surface area contributed by atoms with Gasteiger partial charge in [0.1, 0.15) is 5.75 Å². The molecule has 1 spiro atoms. The molecule has 4 saturated carbocycles. The molecule has 0 heterocycles. The van der Waals surface area contributed by atoms with Crippen LogP contribution in [0, 0.1) is 39.4 Å². The van der Waals surface area contributed by atoms with Crippen molar-refractivity contribution >= 4 is 0 Å². The Kier molecular flexibility index (Phi) is 4.14. The molecule has 4 aliphatic carbocycles. The number of hydrogen-bond acceptors (Lipinski definition) is 2. The number of methoxy groups -OCH3 is 1. The monoisotopic (exact) mass is 396 g/mol. The minimum atomic E-state index is -0.0845. The number of fused-ring (bicyclic) bond motifs is 1. The summed E-state index contributed by atoms with van der Waals surface area (Å²) in [6.45, 7) is 14.1. The van der Waals surface area contributed by atoms with E-state index in [1.54, 1.807) is 0 Å². The second-order valence-corrected chi connectivity index (χ2v) is 13.0. The number of ether oxygens (including phenoxy) is 2. The minimum Gasteiger partial charge on any atom is -0.464 e. The predicted molar refractivity (Wildman–Crippen MR) is 118 cm³/mol. The first-order chi connectivity index (χ1) is 13.5. The summed E-state index contributed by atoms with van der Waals surface area (Å²) in [5.74, 6) is 4.31. The van der Waals surface area contributed by atoms with Crippen LogP contribution < -0.4 is 4.74 Å². The van der Waals surface area contributed by atoms with Gasteiger partial charge in [0.05, 0.1) is 0 Å². The Bertz CT molecular complexity index is 768. The first-order valence-corrected chi connectivity index (χ1v) is 11.8. The summed E-state index contributed by atoms with van der Waals surface area (Å²) in [6.07, 6.45) is 6.97. The highest BCUT2D eigenvalue weighted by Crippen LogP contribution is 2.87. The smallest absolute Gasteiger partial charge is 0.205 e. The largest absolute Gasteiger partial charge is 0.464 e. The van der Waals surface area contributed by atoms with Crippen molar-refractivity contribution in [2.45, 2.75) is 85.9 Å². The molecule has 4 aliphatic rings. The maximum atomic E-state index is 6.57. The van der Waals surface area contributed by atoms with Crippen LogP contribution in [0.15, 0.2) is 24.3 Å². The SMILES string of the molecule is COC(Oc1ccc(C(C(C)(C)C)C(C)(C)C)cc1)C12CC3CC4CC(C1)C42C3. The van der Waals surface area contributed by atoms with E-state index in [9.17, 15) is 0 Å². The lowest BCUT2D eigenvalue weighted by Crippen LogP contribution is -2.71. The van der Waals surface area contributed by atoms with Gasteiger partial charge in [-0.15, -0.1) is 0 Å². The summed E-state index contributed by atoms with van der Waals surface area (Å²) in [7, 11) is 1.85. The molecule has 1 aromatic carbocycles. The fraction of sp³-hybridized carbons (Fsp3) is 0.778. The van der Waals surface area contributed by atoms with Crippen molar-refractivity contribution < 1.29 is 9.47 Å². The van der Waals surface area contributed by atoms with Crippen molar-refractivity contribution in [1.82, 2.24) is 0 Å². The van der Waals surface area contributed by atoms with Crippen molar-refractivity contribution in [2.24, 2.45) is 39.4 Å². The summed E-state index contributed by atoms with van der Waals surface area (Å²) in [6, 6.07) is 8.94. The van der Waals surface area contributed by atoms with Crippen molar-refractivity contribution in [3.63, 3.8) is 0 Å². The van der Waals surface area contributed by atoms with Gasteiger partial charge in [-0.1, -0.05) is 53.7 Å². The van der Waals surface area contributed by atoms with Gasteiger partial charge in [0.15, 0.2) is 0 Å². The maximum absolute atomic E-state index is 6.57. The van der Waals surface area contributed by atoms with Gasteiger partial charge in [-0.3, -0.25) is 0 Å². The van der Waals surface area contributed by atoms with Crippen molar-refractivity contribution in [3.8, 4) is 5.75 Å². The summed E-state index contributed by atoms with van der Waals surface area (Å²) < 4.78 is 12.6. The van der Waals surface area contributed by atoms with E-state index >= 15 is 0 Å². The third kappa shape index (κ3) is 2.57. The molecular weight excluding hydrogens is 356 g/mol. The summed E-state index contributed by atoms with van der Waals surface area (Å²) in [4.78, 5) is 0. The Morgan fingerprint density at radius 2 is 1.52 bits per heavy atom. The third-order valence-electron chi connectivity index (χ3n) is 9.31. The van der Waals surface area contributed by atoms with Crippen molar-refractivity contribution in [2.75, 3.05) is 7.11 Å². The summed E-state index contributed by atoms with van der Waals surface area (Å²) in [5.41, 5.74) is 2.71. The van der Waals surface area contributed by atoms with E-state index in [0.717, 1.165) is 23.5 Å². The summed E-state index contributed by atoms with van der Waals surface area (Å²) >= 11 is 0. The van der Waals surface area contributed by atoms with Crippen LogP contribution in [-0.4, -0.2) is 13.4 Å². The highest BCUT2D eigenvalue weighted by molar-refractivity contribution is 5.33. The fourth-order valence-corrected chi connectivity index (χ4v) is 9.22. The van der Waals surface area contributed by atoms with Crippen molar-refractivity contribution in [1.29, 1.82) is 0 Å². The molecule has 0 amide bonds. The Labute approximate surface area is 177 Å². The van der Waals surface area contributed by atoms with Gasteiger partial charge in [0.25, 0.3) is 0 Å². The zero-order valence-electron chi connectivity index (χ0n) is 19.5. The van der Waals surface area contributed by atoms with Crippen LogP contribution in [-0.2, 0) is 4.74 Å². The highest BCUT2D eigenvalue weighted by atomic mass is 16.7. The molecule has 0 radical (unpaired) electrons. The highest BCUT2D eigenvalue weighted by Gasteiger charge is 2.83. The third-order valence-corrected chi connectivity index (χ3v) is 9.31. The fourth-order valence-electron chi connectivity index (χ4n) is 9.22. The molecule has 4 fully saturated rings. The second-order valence-electron chi connectivity index (χ2n) is 13.0. The second kappa shape index (κ2) is 6.02. The lowest BCUT2D eigenvalue weighted by molar-refractivity contribution is -0.321. The molecule has 0 aliphatic heterocycles. The first kappa shape index (κ1) is 19.9. The van der Waals surface area contributed by atoms with E-state index in [2.05, 4.69) is 65.8 Å². The Balaban J connectivity index is 1.36. The topological polar surface area (TPSA) is 18.5 Å². The van der Waals surface area contributed by atoms with Gasteiger partial charge in [0.2, 0.25) is 6.29 Å². The molecule has 5 rings (SSSR count). The van der Waals surface area contributed by atoms with Gasteiger partial charge in [-0.2, -0.15) is 0 Å². The zero-order chi connectivity index (χ0) is 20.8. The lowest BCUT2D eigenvalue weighted by Gasteiger charge is -2.73. The molecule has 6 atom stereocenters. The average molecular weight is 397 g/mol. The molecule has 2 nitrogen and oxygen atoms in total. The molecule has 6 unspecified atom stereocenters. The molecule has 160 valence electrons. The van der Waals surface area contributed by atoms with E-state index in [1.807, 2.05) is 7.11 Å². The normalized spacial score (nSPS) is 38.4. The maximum Gasteiger partial charge on any atom is 0.205 e. The van der Waals surface area contributed by atoms with E-state index in [1.165, 1.54) is 37.7 Å². The van der Waals surface area contributed by atoms with Crippen LogP contribution in [0.3, 0.4) is 0 Å². The van der Waals surface area contributed by atoms with Gasteiger partial charge >= 0.3 is 0 Å². The van der Waals surface area contributed by atoms with Gasteiger partial charge in [0, 0.05) is 12.5 Å². The molecular formula is C27H40O2. The van der Waals surface area contributed by atoms with Crippen LogP contribution in [0.25, 0.3) is 0 Å². The van der Waals surface area contributed by atoms with Crippen LogP contribution >= 0.6 is 0 Å². The standard InChI is InChI=1S/C27H40O2/c1-24(2,3)22(25(4,5)6)18-8-10-21(11-9-18)29-23(28-7)26-14-17-12-19-13-20(16-26)27(19,26)15-17/h8-11,17,19-20,22-23H,12-16H2,1-7H3. The Morgan fingerprint density at radius 3 is 2.03 bits per heavy atom. The van der Waals surface area contributed by atoms with Crippen LogP contribution in [0.2, 0.25) is 0 Å². The molecule has 0 saturated heterocycles. The summed E-state index contributed by atoms with van der Waals surface area (Å²) in [5, 5.41) is 0. The van der Waals surface area contributed by atoms with E-state index in [0.29, 0.717) is 11.3 Å². The van der Waals surface area contributed by atoms with E-state index < -0.39 is 0 Å². The van der Waals surface area contributed by atoms with Gasteiger partial charge in [-0.05, 0) is 89.7 Å².